The fourth-order valence-electron chi connectivity index (χ4n) is 3.90. The van der Waals surface area contributed by atoms with E-state index in [2.05, 4.69) is 39.9 Å². The molecule has 2 heterocycles. The maximum absolute atomic E-state index is 13.1. The number of rotatable bonds is 10. The number of ether oxygens (including phenoxy) is 3. The van der Waals surface area contributed by atoms with Gasteiger partial charge in [-0.3, -0.25) is 0 Å². The molecule has 9 heteroatoms. The summed E-state index contributed by atoms with van der Waals surface area (Å²) >= 11 is 0. The van der Waals surface area contributed by atoms with Gasteiger partial charge in [-0.25, -0.2) is 4.79 Å². The summed E-state index contributed by atoms with van der Waals surface area (Å²) in [6.45, 7) is 9.08. The zero-order chi connectivity index (χ0) is 24.8. The Balaban J connectivity index is 1.66. The van der Waals surface area contributed by atoms with Gasteiger partial charge in [-0.1, -0.05) is 54.3 Å². The number of aromatic nitrogens is 4. The largest absolute Gasteiger partial charge is 0.490 e. The summed E-state index contributed by atoms with van der Waals surface area (Å²) in [6.07, 6.45) is 1.74. The normalized spacial score (nSPS) is 14.8. The number of tetrazole rings is 1. The Kier molecular flexibility index (Phi) is 7.64. The van der Waals surface area contributed by atoms with Crippen molar-refractivity contribution in [3.8, 4) is 11.5 Å². The summed E-state index contributed by atoms with van der Waals surface area (Å²) < 4.78 is 19.1. The highest BCUT2D eigenvalue weighted by atomic mass is 16.5. The van der Waals surface area contributed by atoms with Gasteiger partial charge in [-0.2, -0.15) is 4.68 Å². The number of allylic oxidation sites excluding steroid dienone is 1. The van der Waals surface area contributed by atoms with Gasteiger partial charge in [0.25, 0.3) is 0 Å². The van der Waals surface area contributed by atoms with Crippen LogP contribution in [0.5, 0.6) is 11.5 Å². The standard InChI is InChI=1S/C26H31N5O4/c1-5-7-14-34-25(32)23-18(4)27-26-28-29-30-31(26)24(23)20-12-13-21(22(15-20)33-6-2)35-16-19-10-8-17(3)9-11-19/h8-13,15,24H,5-7,14,16H2,1-4H3,(H,27,28,30). The van der Waals surface area contributed by atoms with Crippen LogP contribution in [0, 0.1) is 6.92 Å². The Labute approximate surface area is 205 Å². The van der Waals surface area contributed by atoms with Crippen LogP contribution in [0.25, 0.3) is 0 Å². The topological polar surface area (TPSA) is 100 Å². The monoisotopic (exact) mass is 477 g/mol. The minimum Gasteiger partial charge on any atom is -0.490 e. The molecule has 4 rings (SSSR count). The van der Waals surface area contributed by atoms with Gasteiger partial charge in [0, 0.05) is 5.70 Å². The van der Waals surface area contributed by atoms with Gasteiger partial charge in [0.2, 0.25) is 5.95 Å². The summed E-state index contributed by atoms with van der Waals surface area (Å²) in [4.78, 5) is 13.1. The van der Waals surface area contributed by atoms with E-state index in [-0.39, 0.29) is 0 Å². The van der Waals surface area contributed by atoms with Crippen molar-refractivity contribution >= 4 is 11.9 Å². The van der Waals surface area contributed by atoms with Crippen molar-refractivity contribution < 1.29 is 19.0 Å². The summed E-state index contributed by atoms with van der Waals surface area (Å²) in [5.74, 6) is 1.26. The summed E-state index contributed by atoms with van der Waals surface area (Å²) in [5, 5.41) is 15.1. The van der Waals surface area contributed by atoms with Gasteiger partial charge >= 0.3 is 5.97 Å². The lowest BCUT2D eigenvalue weighted by Gasteiger charge is -2.28. The number of carbonyl (C=O) groups is 1. The molecule has 0 bridgehead atoms. The number of nitrogens with zero attached hydrogens (tertiary/aromatic N) is 4. The van der Waals surface area contributed by atoms with Crippen molar-refractivity contribution in [1.29, 1.82) is 0 Å². The van der Waals surface area contributed by atoms with Gasteiger partial charge in [0.05, 0.1) is 18.8 Å². The number of carbonyl (C=O) groups excluding carboxylic acids is 1. The lowest BCUT2D eigenvalue weighted by Crippen LogP contribution is -2.30. The van der Waals surface area contributed by atoms with E-state index < -0.39 is 12.0 Å². The average Bonchev–Trinajstić information content (AvgIpc) is 3.31. The maximum atomic E-state index is 13.1. The van der Waals surface area contributed by atoms with Crippen molar-refractivity contribution in [3.05, 3.63) is 70.4 Å². The molecule has 0 saturated carbocycles. The van der Waals surface area contributed by atoms with Crippen molar-refractivity contribution in [2.45, 2.75) is 53.2 Å². The SMILES string of the molecule is CCCCOC(=O)C1=C(C)Nc2nnnn2C1c1ccc(OCc2ccc(C)cc2)c(OCC)c1. The van der Waals surface area contributed by atoms with Gasteiger partial charge in [-0.15, -0.1) is 0 Å². The highest BCUT2D eigenvalue weighted by Gasteiger charge is 2.35. The van der Waals surface area contributed by atoms with E-state index >= 15 is 0 Å². The Morgan fingerprint density at radius 3 is 2.60 bits per heavy atom. The predicted octanol–water partition coefficient (Wildman–Crippen LogP) is 4.59. The minimum atomic E-state index is -0.569. The molecule has 1 aromatic heterocycles. The molecule has 1 atom stereocenters. The number of nitrogens with one attached hydrogen (secondary N) is 1. The smallest absolute Gasteiger partial charge is 0.338 e. The van der Waals surface area contributed by atoms with Crippen molar-refractivity contribution in [2.24, 2.45) is 0 Å². The molecule has 1 aliphatic rings. The van der Waals surface area contributed by atoms with Crippen LogP contribution >= 0.6 is 0 Å². The second-order valence-corrected chi connectivity index (χ2v) is 8.42. The lowest BCUT2D eigenvalue weighted by molar-refractivity contribution is -0.139. The first-order valence-corrected chi connectivity index (χ1v) is 11.9. The van der Waals surface area contributed by atoms with E-state index in [1.165, 1.54) is 5.56 Å². The number of unbranched alkanes of at least 4 members (excludes halogenated alkanes) is 1. The molecule has 0 aliphatic carbocycles. The Hall–Kier alpha value is -3.88. The number of hydrogen-bond acceptors (Lipinski definition) is 8. The molecule has 0 radical (unpaired) electrons. The van der Waals surface area contributed by atoms with Gasteiger partial charge < -0.3 is 19.5 Å². The number of anilines is 1. The molecule has 2 aromatic carbocycles. The second-order valence-electron chi connectivity index (χ2n) is 8.42. The molecule has 1 aliphatic heterocycles. The molecule has 1 N–H and O–H groups in total. The Morgan fingerprint density at radius 1 is 1.06 bits per heavy atom. The van der Waals surface area contributed by atoms with Crippen LogP contribution in [0.3, 0.4) is 0 Å². The molecular formula is C26H31N5O4. The van der Waals surface area contributed by atoms with Crippen LogP contribution in [-0.2, 0) is 16.1 Å². The number of aryl methyl sites for hydroxylation is 1. The highest BCUT2D eigenvalue weighted by molar-refractivity contribution is 5.92. The fourth-order valence-corrected chi connectivity index (χ4v) is 3.90. The zero-order valence-electron chi connectivity index (χ0n) is 20.6. The fraction of sp³-hybridized carbons (Fsp3) is 0.385. The average molecular weight is 478 g/mol. The van der Waals surface area contributed by atoms with E-state index in [9.17, 15) is 4.79 Å². The third-order valence-electron chi connectivity index (χ3n) is 5.76. The van der Waals surface area contributed by atoms with E-state index in [4.69, 9.17) is 14.2 Å². The van der Waals surface area contributed by atoms with E-state index in [1.807, 2.05) is 51.1 Å². The molecule has 0 saturated heterocycles. The van der Waals surface area contributed by atoms with Crippen LogP contribution in [0.15, 0.2) is 53.7 Å². The first-order valence-electron chi connectivity index (χ1n) is 11.9. The Bertz CT molecular complexity index is 1200. The minimum absolute atomic E-state index is 0.358. The zero-order valence-corrected chi connectivity index (χ0v) is 20.6. The van der Waals surface area contributed by atoms with E-state index in [0.29, 0.717) is 48.5 Å². The highest BCUT2D eigenvalue weighted by Crippen LogP contribution is 2.39. The molecule has 9 nitrogen and oxygen atoms in total. The first-order chi connectivity index (χ1) is 17.0. The Morgan fingerprint density at radius 2 is 1.86 bits per heavy atom. The van der Waals surface area contributed by atoms with Crippen LogP contribution in [0.4, 0.5) is 5.95 Å². The van der Waals surface area contributed by atoms with Gasteiger partial charge in [-0.05, 0) is 60.9 Å². The first kappa shape index (κ1) is 24.3. The molecular weight excluding hydrogens is 446 g/mol. The van der Waals surface area contributed by atoms with Crippen molar-refractivity contribution in [2.75, 3.05) is 18.5 Å². The predicted molar refractivity (Wildman–Crippen MR) is 131 cm³/mol. The number of hydrogen-bond donors (Lipinski definition) is 1. The molecule has 0 amide bonds. The molecule has 0 spiro atoms. The van der Waals surface area contributed by atoms with Gasteiger partial charge in [0.1, 0.15) is 12.6 Å². The second kappa shape index (κ2) is 11.0. The number of fused-ring (bicyclic) bond motifs is 1. The van der Waals surface area contributed by atoms with Crippen LogP contribution in [0.1, 0.15) is 56.3 Å². The van der Waals surface area contributed by atoms with Crippen LogP contribution in [0.2, 0.25) is 0 Å². The third-order valence-corrected chi connectivity index (χ3v) is 5.76. The molecule has 184 valence electrons. The number of esters is 1. The van der Waals surface area contributed by atoms with E-state index in [0.717, 1.165) is 24.0 Å². The van der Waals surface area contributed by atoms with Crippen molar-refractivity contribution in [1.82, 2.24) is 20.2 Å². The van der Waals surface area contributed by atoms with Crippen molar-refractivity contribution in [3.63, 3.8) is 0 Å². The summed E-state index contributed by atoms with van der Waals surface area (Å²) in [7, 11) is 0. The maximum Gasteiger partial charge on any atom is 0.338 e. The van der Waals surface area contributed by atoms with Gasteiger partial charge in [0.15, 0.2) is 11.5 Å². The third kappa shape index (κ3) is 5.45. The molecule has 35 heavy (non-hydrogen) atoms. The van der Waals surface area contributed by atoms with E-state index in [1.54, 1.807) is 4.68 Å². The number of benzene rings is 2. The molecule has 3 aromatic rings. The van der Waals surface area contributed by atoms with Crippen LogP contribution in [-0.4, -0.2) is 39.4 Å². The molecule has 1 unspecified atom stereocenters. The quantitative estimate of drug-likeness (QED) is 0.334. The molecule has 0 fully saturated rings. The summed E-state index contributed by atoms with van der Waals surface area (Å²) in [6, 6.07) is 13.3. The van der Waals surface area contributed by atoms with Crippen LogP contribution < -0.4 is 14.8 Å². The lowest BCUT2D eigenvalue weighted by atomic mass is 9.95. The summed E-state index contributed by atoms with van der Waals surface area (Å²) in [5.41, 5.74) is 4.15.